The van der Waals surface area contributed by atoms with Crippen molar-refractivity contribution in [1.82, 2.24) is 9.80 Å². The van der Waals surface area contributed by atoms with Crippen molar-refractivity contribution >= 4 is 0 Å². The minimum absolute atomic E-state index is 0.705. The van der Waals surface area contributed by atoms with E-state index in [4.69, 9.17) is 0 Å². The minimum Gasteiger partial charge on any atom is -0.301 e. The van der Waals surface area contributed by atoms with Gasteiger partial charge in [-0.2, -0.15) is 0 Å². The Morgan fingerprint density at radius 1 is 1.00 bits per heavy atom. The maximum atomic E-state index is 13.2. The highest BCUT2D eigenvalue weighted by Gasteiger charge is 2.17. The zero-order valence-corrected chi connectivity index (χ0v) is 13.1. The van der Waals surface area contributed by atoms with E-state index in [0.29, 0.717) is 6.54 Å². The monoisotopic (exact) mass is 296 g/mol. The first kappa shape index (κ1) is 16.4. The van der Waals surface area contributed by atoms with Gasteiger partial charge in [0.25, 0.3) is 0 Å². The quantitative estimate of drug-likeness (QED) is 0.792. The summed E-state index contributed by atoms with van der Waals surface area (Å²) in [6.07, 6.45) is 2.55. The first-order valence-electron chi connectivity index (χ1n) is 7.93. The van der Waals surface area contributed by atoms with Crippen molar-refractivity contribution in [3.05, 3.63) is 35.4 Å². The van der Waals surface area contributed by atoms with E-state index in [2.05, 4.69) is 23.6 Å². The molecule has 21 heavy (non-hydrogen) atoms. The van der Waals surface area contributed by atoms with Crippen molar-refractivity contribution in [2.45, 2.75) is 33.2 Å². The second-order valence-electron chi connectivity index (χ2n) is 6.40. The lowest BCUT2D eigenvalue weighted by Crippen LogP contribution is -2.46. The molecular formula is C17H26F2N2. The third-order valence-corrected chi connectivity index (χ3v) is 4.11. The zero-order chi connectivity index (χ0) is 15.2. The molecule has 0 N–H and O–H groups in total. The molecule has 0 bridgehead atoms. The highest BCUT2D eigenvalue weighted by molar-refractivity contribution is 5.17. The summed E-state index contributed by atoms with van der Waals surface area (Å²) in [5.41, 5.74) is 0.849. The Morgan fingerprint density at radius 2 is 1.67 bits per heavy atom. The summed E-state index contributed by atoms with van der Waals surface area (Å²) in [6, 6.07) is 4.20. The van der Waals surface area contributed by atoms with Crippen molar-refractivity contribution in [3.63, 3.8) is 0 Å². The lowest BCUT2D eigenvalue weighted by molar-refractivity contribution is 0.124. The van der Waals surface area contributed by atoms with Crippen molar-refractivity contribution < 1.29 is 8.78 Å². The number of halogens is 2. The summed E-state index contributed by atoms with van der Waals surface area (Å²) in [4.78, 5) is 4.82. The highest BCUT2D eigenvalue weighted by Crippen LogP contribution is 2.13. The fraction of sp³-hybridized carbons (Fsp3) is 0.647. The molecule has 1 aromatic carbocycles. The van der Waals surface area contributed by atoms with Crippen LogP contribution in [0, 0.1) is 17.6 Å². The minimum atomic E-state index is -0.770. The van der Waals surface area contributed by atoms with Crippen LogP contribution < -0.4 is 0 Å². The maximum Gasteiger partial charge on any atom is 0.159 e. The zero-order valence-electron chi connectivity index (χ0n) is 13.1. The predicted octanol–water partition coefficient (Wildman–Crippen LogP) is 3.52. The van der Waals surface area contributed by atoms with Crippen molar-refractivity contribution in [2.75, 3.05) is 32.7 Å². The summed E-state index contributed by atoms with van der Waals surface area (Å²) < 4.78 is 26.1. The first-order chi connectivity index (χ1) is 10.0. The molecule has 0 spiro atoms. The van der Waals surface area contributed by atoms with Gasteiger partial charge in [-0.15, -0.1) is 0 Å². The second-order valence-corrected chi connectivity index (χ2v) is 6.40. The lowest BCUT2D eigenvalue weighted by atomic mass is 10.1. The maximum absolute atomic E-state index is 13.2. The molecular weight excluding hydrogens is 270 g/mol. The molecule has 0 saturated carbocycles. The largest absolute Gasteiger partial charge is 0.301 e. The summed E-state index contributed by atoms with van der Waals surface area (Å²) >= 11 is 0. The number of rotatable bonds is 6. The second kappa shape index (κ2) is 7.85. The van der Waals surface area contributed by atoms with Gasteiger partial charge in [0.15, 0.2) is 11.6 Å². The third-order valence-electron chi connectivity index (χ3n) is 4.11. The van der Waals surface area contributed by atoms with Gasteiger partial charge in [-0.05, 0) is 43.0 Å². The summed E-state index contributed by atoms with van der Waals surface area (Å²) in [6.45, 7) is 10.6. The molecule has 1 aliphatic rings. The summed E-state index contributed by atoms with van der Waals surface area (Å²) in [7, 11) is 0. The molecule has 1 aromatic rings. The fourth-order valence-corrected chi connectivity index (χ4v) is 2.79. The van der Waals surface area contributed by atoms with Crippen molar-refractivity contribution in [3.8, 4) is 0 Å². The normalized spacial score (nSPS) is 17.6. The van der Waals surface area contributed by atoms with Gasteiger partial charge >= 0.3 is 0 Å². The van der Waals surface area contributed by atoms with E-state index >= 15 is 0 Å². The van der Waals surface area contributed by atoms with E-state index in [-0.39, 0.29) is 0 Å². The molecule has 0 aromatic heterocycles. The van der Waals surface area contributed by atoms with E-state index in [1.807, 2.05) is 0 Å². The third kappa shape index (κ3) is 5.36. The van der Waals surface area contributed by atoms with Crippen LogP contribution in [0.25, 0.3) is 0 Å². The molecule has 1 heterocycles. The fourth-order valence-electron chi connectivity index (χ4n) is 2.79. The van der Waals surface area contributed by atoms with Gasteiger partial charge in [0.2, 0.25) is 0 Å². The molecule has 0 atom stereocenters. The molecule has 0 radical (unpaired) electrons. The van der Waals surface area contributed by atoms with E-state index in [9.17, 15) is 8.78 Å². The van der Waals surface area contributed by atoms with E-state index < -0.39 is 11.6 Å². The Balaban J connectivity index is 1.72. The average molecular weight is 296 g/mol. The van der Waals surface area contributed by atoms with E-state index in [1.165, 1.54) is 31.5 Å². The van der Waals surface area contributed by atoms with Crippen LogP contribution in [0.5, 0.6) is 0 Å². The molecule has 1 fully saturated rings. The van der Waals surface area contributed by atoms with Gasteiger partial charge in [-0.3, -0.25) is 4.90 Å². The van der Waals surface area contributed by atoms with E-state index in [1.54, 1.807) is 6.07 Å². The smallest absolute Gasteiger partial charge is 0.159 e. The van der Waals surface area contributed by atoms with Crippen LogP contribution in [0.2, 0.25) is 0 Å². The number of benzene rings is 1. The SMILES string of the molecule is CC(C)CCCN1CCN(Cc2ccc(F)c(F)c2)CC1. The van der Waals surface area contributed by atoms with Crippen LogP contribution in [0.15, 0.2) is 18.2 Å². The highest BCUT2D eigenvalue weighted by atomic mass is 19.2. The van der Waals surface area contributed by atoms with Gasteiger partial charge in [0.05, 0.1) is 0 Å². The van der Waals surface area contributed by atoms with E-state index in [0.717, 1.165) is 37.7 Å². The van der Waals surface area contributed by atoms with Crippen LogP contribution in [0.1, 0.15) is 32.3 Å². The Hall–Kier alpha value is -1.00. The van der Waals surface area contributed by atoms with Gasteiger partial charge in [0, 0.05) is 32.7 Å². The van der Waals surface area contributed by atoms with Gasteiger partial charge in [0.1, 0.15) is 0 Å². The average Bonchev–Trinajstić information content (AvgIpc) is 2.44. The molecule has 0 amide bonds. The Kier molecular flexibility index (Phi) is 6.12. The lowest BCUT2D eigenvalue weighted by Gasteiger charge is -2.34. The standard InChI is InChI=1S/C17H26F2N2/c1-14(2)4-3-7-20-8-10-21(11-9-20)13-15-5-6-16(18)17(19)12-15/h5-6,12,14H,3-4,7-11,13H2,1-2H3. The van der Waals surface area contributed by atoms with Crippen LogP contribution >= 0.6 is 0 Å². The molecule has 1 saturated heterocycles. The molecule has 2 rings (SSSR count). The van der Waals surface area contributed by atoms with Gasteiger partial charge in [-0.1, -0.05) is 19.9 Å². The van der Waals surface area contributed by atoms with Crippen LogP contribution in [-0.4, -0.2) is 42.5 Å². The topological polar surface area (TPSA) is 6.48 Å². The summed E-state index contributed by atoms with van der Waals surface area (Å²) in [5.74, 6) is -0.742. The molecule has 4 heteroatoms. The van der Waals surface area contributed by atoms with Crippen LogP contribution in [0.3, 0.4) is 0 Å². The molecule has 118 valence electrons. The predicted molar refractivity (Wildman–Crippen MR) is 82.1 cm³/mol. The number of nitrogens with zero attached hydrogens (tertiary/aromatic N) is 2. The Labute approximate surface area is 126 Å². The van der Waals surface area contributed by atoms with Gasteiger partial charge < -0.3 is 4.90 Å². The number of hydrogen-bond donors (Lipinski definition) is 0. The molecule has 1 aliphatic heterocycles. The van der Waals surface area contributed by atoms with Gasteiger partial charge in [-0.25, -0.2) is 8.78 Å². The van der Waals surface area contributed by atoms with Crippen molar-refractivity contribution in [2.24, 2.45) is 5.92 Å². The summed E-state index contributed by atoms with van der Waals surface area (Å²) in [5, 5.41) is 0. The first-order valence-corrected chi connectivity index (χ1v) is 7.93. The molecule has 2 nitrogen and oxygen atoms in total. The number of piperazine rings is 1. The van der Waals surface area contributed by atoms with Crippen molar-refractivity contribution in [1.29, 1.82) is 0 Å². The van der Waals surface area contributed by atoms with Crippen LogP contribution in [-0.2, 0) is 6.54 Å². The van der Waals surface area contributed by atoms with Crippen LogP contribution in [0.4, 0.5) is 8.78 Å². The Morgan fingerprint density at radius 3 is 2.29 bits per heavy atom. The molecule has 0 aliphatic carbocycles. The molecule has 0 unspecified atom stereocenters. The number of hydrogen-bond acceptors (Lipinski definition) is 2. The Bertz CT molecular complexity index is 440.